The van der Waals surface area contributed by atoms with E-state index in [1.165, 1.54) is 0 Å². The Balaban J connectivity index is 1.87. The second-order valence-corrected chi connectivity index (χ2v) is 13.4. The summed E-state index contributed by atoms with van der Waals surface area (Å²) in [6.07, 6.45) is -2.89. The molecule has 3 rings (SSSR count). The van der Waals surface area contributed by atoms with Gasteiger partial charge in [-0.1, -0.05) is 56.2 Å². The van der Waals surface area contributed by atoms with Gasteiger partial charge in [-0.25, -0.2) is 4.79 Å². The minimum absolute atomic E-state index is 0.117. The van der Waals surface area contributed by atoms with Crippen LogP contribution in [0.4, 0.5) is 0 Å². The monoisotopic (exact) mass is 405 g/mol. The third kappa shape index (κ3) is 4.08. The average molecular weight is 406 g/mol. The summed E-state index contributed by atoms with van der Waals surface area (Å²) in [4.78, 5) is 15.6. The molecule has 0 spiro atoms. The molecule has 2 aliphatic heterocycles. The van der Waals surface area contributed by atoms with Crippen LogP contribution in [-0.4, -0.2) is 45.2 Å². The van der Waals surface area contributed by atoms with E-state index in [4.69, 9.17) is 24.2 Å². The van der Waals surface area contributed by atoms with Crippen molar-refractivity contribution in [3.63, 3.8) is 0 Å². The van der Waals surface area contributed by atoms with Gasteiger partial charge in [0.2, 0.25) is 0 Å². The molecule has 1 aromatic carbocycles. The molecule has 0 N–H and O–H groups in total. The number of carbonyl (C=O) groups is 1. The van der Waals surface area contributed by atoms with E-state index in [1.807, 2.05) is 43.4 Å². The van der Waals surface area contributed by atoms with E-state index in [-0.39, 0.29) is 11.6 Å². The van der Waals surface area contributed by atoms with E-state index in [1.54, 1.807) is 0 Å². The number of esters is 1. The molecule has 1 aromatic rings. The number of benzene rings is 1. The lowest BCUT2D eigenvalue weighted by atomic mass is 9.96. The summed E-state index contributed by atoms with van der Waals surface area (Å²) in [5, 5.41) is 3.77. The first kappa shape index (κ1) is 20.8. The van der Waals surface area contributed by atoms with Gasteiger partial charge in [0, 0.05) is 10.5 Å². The Morgan fingerprint density at radius 3 is 2.54 bits per heavy atom. The van der Waals surface area contributed by atoms with E-state index in [9.17, 15) is 4.79 Å². The molecule has 5 unspecified atom stereocenters. The van der Waals surface area contributed by atoms with Gasteiger partial charge >= 0.3 is 5.97 Å². The Morgan fingerprint density at radius 1 is 1.25 bits per heavy atom. The van der Waals surface area contributed by atoms with Gasteiger partial charge in [-0.3, -0.25) is 0 Å². The number of azide groups is 1. The van der Waals surface area contributed by atoms with Crippen LogP contribution in [0.5, 0.6) is 0 Å². The molecule has 0 saturated carbocycles. The predicted molar refractivity (Wildman–Crippen MR) is 105 cm³/mol. The smallest absolute Gasteiger partial charge is 0.335 e. The first-order valence-corrected chi connectivity index (χ1v) is 12.3. The van der Waals surface area contributed by atoms with Crippen LogP contribution < -0.4 is 0 Å². The Labute approximate surface area is 165 Å². The second-order valence-electron chi connectivity index (χ2n) is 8.65. The molecule has 2 aliphatic rings. The van der Waals surface area contributed by atoms with E-state index >= 15 is 0 Å². The summed E-state index contributed by atoms with van der Waals surface area (Å²) in [6.45, 7) is 10.5. The number of hydrogen-bond donors (Lipinski definition) is 0. The van der Waals surface area contributed by atoms with Gasteiger partial charge in [-0.2, -0.15) is 0 Å². The van der Waals surface area contributed by atoms with Gasteiger partial charge in [0.25, 0.3) is 0 Å². The average Bonchev–Trinajstić information content (AvgIpc) is 2.64. The summed E-state index contributed by atoms with van der Waals surface area (Å²) in [6, 6.07) is 8.66. The van der Waals surface area contributed by atoms with Crippen molar-refractivity contribution >= 4 is 14.3 Å². The normalized spacial score (nSPS) is 30.8. The highest BCUT2D eigenvalue weighted by Gasteiger charge is 2.53. The summed E-state index contributed by atoms with van der Waals surface area (Å²) in [5.74, 6) is -0.533. The second kappa shape index (κ2) is 7.85. The third-order valence-corrected chi connectivity index (χ3v) is 10.1. The number of hydrogen-bond acceptors (Lipinski definition) is 6. The van der Waals surface area contributed by atoms with Crippen molar-refractivity contribution in [3.8, 4) is 0 Å². The number of nitrogens with zero attached hydrogens (tertiary/aromatic N) is 3. The fourth-order valence-corrected chi connectivity index (χ4v) is 4.28. The van der Waals surface area contributed by atoms with Crippen LogP contribution >= 0.6 is 0 Å². The van der Waals surface area contributed by atoms with Gasteiger partial charge in [0.1, 0.15) is 12.1 Å². The fraction of sp³-hybridized carbons (Fsp3) is 0.632. The molecule has 2 fully saturated rings. The minimum Gasteiger partial charge on any atom is -0.455 e. The fourth-order valence-electron chi connectivity index (χ4n) is 3.06. The van der Waals surface area contributed by atoms with E-state index in [2.05, 4.69) is 30.8 Å². The van der Waals surface area contributed by atoms with E-state index in [0.29, 0.717) is 0 Å². The van der Waals surface area contributed by atoms with Crippen LogP contribution in [-0.2, 0) is 23.4 Å². The molecule has 9 heteroatoms. The maximum Gasteiger partial charge on any atom is 0.335 e. The highest BCUT2D eigenvalue weighted by Crippen LogP contribution is 2.40. The van der Waals surface area contributed by atoms with Gasteiger partial charge in [-0.15, -0.1) is 0 Å². The quantitative estimate of drug-likeness (QED) is 0.247. The minimum atomic E-state index is -2.31. The SMILES string of the molecule is CC(C)(C)[Si](C)(C)OC1C(=O)OC2COC(c3ccccc3)OC2C1N=[N+]=[N-]. The number of fused-ring (bicyclic) bond motifs is 1. The molecule has 5 atom stereocenters. The molecule has 0 bridgehead atoms. The molecular weight excluding hydrogens is 378 g/mol. The van der Waals surface area contributed by atoms with Crippen molar-refractivity contribution in [1.29, 1.82) is 0 Å². The van der Waals surface area contributed by atoms with E-state index in [0.717, 1.165) is 5.56 Å². The molecule has 2 heterocycles. The molecule has 8 nitrogen and oxygen atoms in total. The van der Waals surface area contributed by atoms with Crippen molar-refractivity contribution in [2.75, 3.05) is 6.61 Å². The first-order chi connectivity index (χ1) is 13.1. The highest BCUT2D eigenvalue weighted by atomic mass is 28.4. The maximum absolute atomic E-state index is 12.7. The number of rotatable bonds is 4. The summed E-state index contributed by atoms with van der Waals surface area (Å²) >= 11 is 0. The summed E-state index contributed by atoms with van der Waals surface area (Å²) < 4.78 is 23.7. The third-order valence-electron chi connectivity index (χ3n) is 5.69. The van der Waals surface area contributed by atoms with Crippen LogP contribution in [0.15, 0.2) is 35.4 Å². The van der Waals surface area contributed by atoms with Crippen LogP contribution in [0.2, 0.25) is 18.1 Å². The number of carbonyl (C=O) groups excluding carboxylic acids is 1. The lowest BCUT2D eigenvalue weighted by molar-refractivity contribution is -0.282. The molecule has 2 saturated heterocycles. The van der Waals surface area contributed by atoms with Crippen LogP contribution in [0, 0.1) is 0 Å². The summed E-state index contributed by atoms with van der Waals surface area (Å²) in [5.41, 5.74) is 9.98. The Bertz CT molecular complexity index is 761. The molecular formula is C19H27N3O5Si. The van der Waals surface area contributed by atoms with Crippen molar-refractivity contribution in [1.82, 2.24) is 0 Å². The van der Waals surface area contributed by atoms with Crippen LogP contribution in [0.25, 0.3) is 10.4 Å². The largest absolute Gasteiger partial charge is 0.455 e. The molecule has 28 heavy (non-hydrogen) atoms. The lowest BCUT2D eigenvalue weighted by Gasteiger charge is -2.47. The Morgan fingerprint density at radius 2 is 1.93 bits per heavy atom. The van der Waals surface area contributed by atoms with E-state index < -0.39 is 44.9 Å². The van der Waals surface area contributed by atoms with Gasteiger partial charge < -0.3 is 18.6 Å². The van der Waals surface area contributed by atoms with Crippen molar-refractivity contribution < 1.29 is 23.4 Å². The zero-order valence-corrected chi connectivity index (χ0v) is 17.9. The summed E-state index contributed by atoms with van der Waals surface area (Å²) in [7, 11) is -2.31. The standard InChI is InChI=1S/C19H27N3O5Si/c1-19(2,3)28(4,5)27-16-14(21-22-20)15-13(25-17(16)23)11-24-18(26-15)12-9-7-6-8-10-12/h6-10,13-16,18H,11H2,1-5H3. The van der Waals surface area contributed by atoms with Crippen LogP contribution in [0.1, 0.15) is 32.6 Å². The van der Waals surface area contributed by atoms with Crippen molar-refractivity contribution in [3.05, 3.63) is 46.3 Å². The topological polar surface area (TPSA) is 103 Å². The van der Waals surface area contributed by atoms with Gasteiger partial charge in [0.15, 0.2) is 26.8 Å². The highest BCUT2D eigenvalue weighted by molar-refractivity contribution is 6.74. The first-order valence-electron chi connectivity index (χ1n) is 9.38. The molecule has 152 valence electrons. The van der Waals surface area contributed by atoms with Gasteiger partial charge in [-0.05, 0) is 23.7 Å². The zero-order valence-electron chi connectivity index (χ0n) is 16.9. The molecule has 0 aromatic heterocycles. The molecule has 0 aliphatic carbocycles. The van der Waals surface area contributed by atoms with Crippen molar-refractivity contribution in [2.24, 2.45) is 5.11 Å². The maximum atomic E-state index is 12.7. The Kier molecular flexibility index (Phi) is 5.83. The predicted octanol–water partition coefficient (Wildman–Crippen LogP) is 4.10. The van der Waals surface area contributed by atoms with Crippen molar-refractivity contribution in [2.45, 2.75) is 69.5 Å². The lowest BCUT2D eigenvalue weighted by Crippen LogP contribution is -2.62. The van der Waals surface area contributed by atoms with Crippen LogP contribution in [0.3, 0.4) is 0 Å². The zero-order chi connectivity index (χ0) is 20.5. The molecule has 0 amide bonds. The molecule has 0 radical (unpaired) electrons. The Hall–Kier alpha value is -1.90. The number of ether oxygens (including phenoxy) is 3. The van der Waals surface area contributed by atoms with Gasteiger partial charge in [0.05, 0.1) is 6.61 Å².